The van der Waals surface area contributed by atoms with Crippen molar-refractivity contribution in [3.8, 4) is 0 Å². The number of carbonyl (C=O) groups is 1. The van der Waals surface area contributed by atoms with Crippen LogP contribution in [0.4, 0.5) is 0 Å². The molecular weight excluding hydrogens is 242 g/mol. The smallest absolute Gasteiger partial charge is 0.220 e. The molecule has 0 aliphatic heterocycles. The van der Waals surface area contributed by atoms with Gasteiger partial charge in [0, 0.05) is 23.6 Å². The number of unbranched alkanes of at least 4 members (excludes halogenated alkanes) is 1. The highest BCUT2D eigenvalue weighted by atomic mass is 35.5. The number of hydrogen-bond acceptors (Lipinski definition) is 2. The van der Waals surface area contributed by atoms with Gasteiger partial charge in [-0.3, -0.25) is 4.79 Å². The van der Waals surface area contributed by atoms with Crippen LogP contribution in [0.15, 0.2) is 0 Å². The average Bonchev–Trinajstić information content (AvgIpc) is 2.29. The molecule has 16 heavy (non-hydrogen) atoms. The third-order valence-electron chi connectivity index (χ3n) is 3.11. The number of nitrogens with one attached hydrogen (secondary N) is 1. The minimum atomic E-state index is 0.205. The zero-order chi connectivity index (χ0) is 11.8. The Balaban J connectivity index is 2.17. The number of rotatable bonds is 6. The van der Waals surface area contributed by atoms with E-state index in [4.69, 9.17) is 11.6 Å². The highest BCUT2D eigenvalue weighted by molar-refractivity contribution is 7.99. The number of amides is 1. The topological polar surface area (TPSA) is 29.1 Å². The summed E-state index contributed by atoms with van der Waals surface area (Å²) in [7, 11) is 0. The molecule has 1 saturated carbocycles. The second-order valence-corrected chi connectivity index (χ2v) is 5.95. The summed E-state index contributed by atoms with van der Waals surface area (Å²) in [6.45, 7) is 0. The maximum atomic E-state index is 11.6. The quantitative estimate of drug-likeness (QED) is 0.589. The molecule has 0 aromatic carbocycles. The Morgan fingerprint density at radius 3 is 2.94 bits per heavy atom. The van der Waals surface area contributed by atoms with E-state index in [2.05, 4.69) is 11.6 Å². The van der Waals surface area contributed by atoms with Crippen LogP contribution in [0.3, 0.4) is 0 Å². The van der Waals surface area contributed by atoms with E-state index in [-0.39, 0.29) is 5.91 Å². The zero-order valence-electron chi connectivity index (χ0n) is 10.0. The third kappa shape index (κ3) is 5.44. The molecule has 0 aromatic heterocycles. The van der Waals surface area contributed by atoms with Gasteiger partial charge in [0.25, 0.3) is 0 Å². The minimum absolute atomic E-state index is 0.205. The van der Waals surface area contributed by atoms with Gasteiger partial charge in [-0.2, -0.15) is 11.8 Å². The van der Waals surface area contributed by atoms with Gasteiger partial charge in [-0.1, -0.05) is 6.42 Å². The van der Waals surface area contributed by atoms with Gasteiger partial charge in [-0.25, -0.2) is 0 Å². The predicted molar refractivity (Wildman–Crippen MR) is 72.3 cm³/mol. The van der Waals surface area contributed by atoms with Gasteiger partial charge >= 0.3 is 0 Å². The second-order valence-electron chi connectivity index (χ2n) is 4.43. The summed E-state index contributed by atoms with van der Waals surface area (Å²) in [5.41, 5.74) is 0. The second kappa shape index (κ2) is 8.24. The van der Waals surface area contributed by atoms with Crippen molar-refractivity contribution in [3.05, 3.63) is 0 Å². The number of carbonyl (C=O) groups excluding carboxylic acids is 1. The van der Waals surface area contributed by atoms with E-state index in [0.717, 1.165) is 30.9 Å². The molecule has 1 aliphatic carbocycles. The van der Waals surface area contributed by atoms with Crippen LogP contribution in [0.5, 0.6) is 0 Å². The van der Waals surface area contributed by atoms with Gasteiger partial charge < -0.3 is 5.32 Å². The standard InChI is InChI=1S/C12H22ClNOS/c1-16-11-6-4-5-10(9-11)14-12(15)7-2-3-8-13/h10-11H,2-9H2,1H3,(H,14,15). The molecule has 0 heterocycles. The molecule has 4 heteroatoms. The average molecular weight is 264 g/mol. The van der Waals surface area contributed by atoms with Crippen LogP contribution in [-0.2, 0) is 4.79 Å². The molecule has 94 valence electrons. The van der Waals surface area contributed by atoms with E-state index < -0.39 is 0 Å². The van der Waals surface area contributed by atoms with Gasteiger partial charge in [0.1, 0.15) is 0 Å². The molecule has 1 N–H and O–H groups in total. The summed E-state index contributed by atoms with van der Waals surface area (Å²) in [6, 6.07) is 0.412. The zero-order valence-corrected chi connectivity index (χ0v) is 11.6. The van der Waals surface area contributed by atoms with Crippen LogP contribution in [-0.4, -0.2) is 29.3 Å². The van der Waals surface area contributed by atoms with E-state index in [1.54, 1.807) is 0 Å². The first-order valence-electron chi connectivity index (χ1n) is 6.14. The molecule has 2 atom stereocenters. The monoisotopic (exact) mass is 263 g/mol. The Labute approximate surface area is 108 Å². The Morgan fingerprint density at radius 2 is 2.25 bits per heavy atom. The van der Waals surface area contributed by atoms with Crippen LogP contribution in [0, 0.1) is 0 Å². The Kier molecular flexibility index (Phi) is 7.30. The highest BCUT2D eigenvalue weighted by Gasteiger charge is 2.22. The van der Waals surface area contributed by atoms with E-state index in [9.17, 15) is 4.79 Å². The summed E-state index contributed by atoms with van der Waals surface area (Å²) in [5, 5.41) is 3.88. The number of hydrogen-bond donors (Lipinski definition) is 1. The summed E-state index contributed by atoms with van der Waals surface area (Å²) in [4.78, 5) is 11.6. The summed E-state index contributed by atoms with van der Waals surface area (Å²) in [5.74, 6) is 0.863. The summed E-state index contributed by atoms with van der Waals surface area (Å²) in [6.07, 6.45) is 9.49. The number of thioether (sulfide) groups is 1. The lowest BCUT2D eigenvalue weighted by atomic mass is 9.95. The van der Waals surface area contributed by atoms with Crippen molar-refractivity contribution in [1.82, 2.24) is 5.32 Å². The molecule has 1 rings (SSSR count). The van der Waals surface area contributed by atoms with E-state index in [0.29, 0.717) is 18.3 Å². The van der Waals surface area contributed by atoms with Gasteiger partial charge in [-0.05, 0) is 38.4 Å². The molecule has 2 nitrogen and oxygen atoms in total. The molecule has 1 fully saturated rings. The minimum Gasteiger partial charge on any atom is -0.353 e. The fraction of sp³-hybridized carbons (Fsp3) is 0.917. The van der Waals surface area contributed by atoms with Crippen molar-refractivity contribution in [2.75, 3.05) is 12.1 Å². The Morgan fingerprint density at radius 1 is 1.44 bits per heavy atom. The van der Waals surface area contributed by atoms with Crippen molar-refractivity contribution in [2.45, 2.75) is 56.2 Å². The van der Waals surface area contributed by atoms with Gasteiger partial charge in [-0.15, -0.1) is 11.6 Å². The predicted octanol–water partition coefficient (Wildman–Crippen LogP) is 3.19. The largest absolute Gasteiger partial charge is 0.353 e. The van der Waals surface area contributed by atoms with Crippen LogP contribution in [0.2, 0.25) is 0 Å². The molecule has 0 spiro atoms. The molecule has 1 amide bonds. The van der Waals surface area contributed by atoms with Crippen LogP contribution in [0.25, 0.3) is 0 Å². The van der Waals surface area contributed by atoms with Gasteiger partial charge in [0.2, 0.25) is 5.91 Å². The first kappa shape index (κ1) is 14.2. The lowest BCUT2D eigenvalue weighted by molar-refractivity contribution is -0.122. The lowest BCUT2D eigenvalue weighted by Gasteiger charge is -2.28. The fourth-order valence-corrected chi connectivity index (χ4v) is 3.19. The van der Waals surface area contributed by atoms with E-state index in [1.807, 2.05) is 11.8 Å². The van der Waals surface area contributed by atoms with Crippen molar-refractivity contribution in [1.29, 1.82) is 0 Å². The fourth-order valence-electron chi connectivity index (χ4n) is 2.17. The molecular formula is C12H22ClNOS. The van der Waals surface area contributed by atoms with E-state index in [1.165, 1.54) is 12.8 Å². The molecule has 2 unspecified atom stereocenters. The molecule has 0 radical (unpaired) electrons. The van der Waals surface area contributed by atoms with Crippen molar-refractivity contribution < 1.29 is 4.79 Å². The first-order valence-corrected chi connectivity index (χ1v) is 7.96. The van der Waals surface area contributed by atoms with Crippen molar-refractivity contribution in [2.24, 2.45) is 0 Å². The summed E-state index contributed by atoms with van der Waals surface area (Å²) < 4.78 is 0. The van der Waals surface area contributed by atoms with E-state index >= 15 is 0 Å². The number of halogens is 1. The normalized spacial score (nSPS) is 25.4. The van der Waals surface area contributed by atoms with Gasteiger partial charge in [0.15, 0.2) is 0 Å². The molecule has 0 bridgehead atoms. The molecule has 0 aromatic rings. The first-order chi connectivity index (χ1) is 7.76. The van der Waals surface area contributed by atoms with Crippen molar-refractivity contribution in [3.63, 3.8) is 0 Å². The third-order valence-corrected chi connectivity index (χ3v) is 4.47. The van der Waals surface area contributed by atoms with Gasteiger partial charge in [0.05, 0.1) is 0 Å². The summed E-state index contributed by atoms with van der Waals surface area (Å²) >= 11 is 7.51. The molecule has 1 aliphatic rings. The van der Waals surface area contributed by atoms with Crippen LogP contribution < -0.4 is 5.32 Å². The SMILES string of the molecule is CSC1CCCC(NC(=O)CCCCCl)C1. The number of alkyl halides is 1. The Bertz CT molecular complexity index is 213. The maximum Gasteiger partial charge on any atom is 0.220 e. The maximum absolute atomic E-state index is 11.6. The Hall–Kier alpha value is 0.110. The van der Waals surface area contributed by atoms with Crippen LogP contribution >= 0.6 is 23.4 Å². The lowest BCUT2D eigenvalue weighted by Crippen LogP contribution is -2.38. The molecule has 0 saturated heterocycles. The van der Waals surface area contributed by atoms with Crippen molar-refractivity contribution >= 4 is 29.3 Å². The van der Waals surface area contributed by atoms with Crippen LogP contribution in [0.1, 0.15) is 44.9 Å². The highest BCUT2D eigenvalue weighted by Crippen LogP contribution is 2.26.